The van der Waals surface area contributed by atoms with Crippen LogP contribution in [0.2, 0.25) is 0 Å². The summed E-state index contributed by atoms with van der Waals surface area (Å²) in [4.78, 5) is 10.5. The van der Waals surface area contributed by atoms with Crippen LogP contribution in [-0.2, 0) is 17.1 Å². The van der Waals surface area contributed by atoms with Gasteiger partial charge in [0.05, 0.1) is 12.0 Å². The molecule has 1 amide bonds. The summed E-state index contributed by atoms with van der Waals surface area (Å²) < 4.78 is 38.7. The third-order valence-corrected chi connectivity index (χ3v) is 1.88. The van der Waals surface area contributed by atoms with Gasteiger partial charge in [0.25, 0.3) is 5.92 Å². The fourth-order valence-electron chi connectivity index (χ4n) is 1.23. The van der Waals surface area contributed by atoms with Crippen LogP contribution in [0.4, 0.5) is 13.2 Å². The van der Waals surface area contributed by atoms with E-state index in [1.807, 2.05) is 0 Å². The standard InChI is InChI=1S/C10H10F3NO/c1-10(12,13)7-3-2-6(4-8(7)11)5-9(14)15/h2-4H,5H2,1H3,(H2,14,15). The molecule has 1 rings (SSSR count). The van der Waals surface area contributed by atoms with E-state index < -0.39 is 23.2 Å². The normalized spacial score (nSPS) is 11.5. The lowest BCUT2D eigenvalue weighted by Gasteiger charge is -2.12. The number of nitrogens with two attached hydrogens (primary N) is 1. The second kappa shape index (κ2) is 3.92. The Kier molecular flexibility index (Phi) is 3.02. The van der Waals surface area contributed by atoms with Crippen molar-refractivity contribution in [3.8, 4) is 0 Å². The summed E-state index contributed by atoms with van der Waals surface area (Å²) in [6.45, 7) is 0.610. The Labute approximate surface area is 84.9 Å². The molecule has 0 saturated heterocycles. The molecule has 0 atom stereocenters. The molecule has 2 nitrogen and oxygen atoms in total. The van der Waals surface area contributed by atoms with Gasteiger partial charge in [0.1, 0.15) is 5.82 Å². The van der Waals surface area contributed by atoms with Gasteiger partial charge in [-0.05, 0) is 17.7 Å². The highest BCUT2D eigenvalue weighted by molar-refractivity contribution is 5.76. The van der Waals surface area contributed by atoms with Crippen LogP contribution in [0, 0.1) is 5.82 Å². The van der Waals surface area contributed by atoms with E-state index in [1.54, 1.807) is 0 Å². The first-order chi connectivity index (χ1) is 6.80. The third-order valence-electron chi connectivity index (χ3n) is 1.88. The molecule has 1 aromatic carbocycles. The molecule has 0 saturated carbocycles. The molecule has 0 radical (unpaired) electrons. The number of carbonyl (C=O) groups excluding carboxylic acids is 1. The molecular weight excluding hydrogens is 207 g/mol. The van der Waals surface area contributed by atoms with E-state index in [9.17, 15) is 18.0 Å². The molecule has 0 fully saturated rings. The zero-order valence-corrected chi connectivity index (χ0v) is 8.06. The highest BCUT2D eigenvalue weighted by atomic mass is 19.3. The second-order valence-electron chi connectivity index (χ2n) is 3.35. The van der Waals surface area contributed by atoms with Crippen molar-refractivity contribution in [2.45, 2.75) is 19.3 Å². The van der Waals surface area contributed by atoms with Crippen LogP contribution in [-0.4, -0.2) is 5.91 Å². The topological polar surface area (TPSA) is 43.1 Å². The van der Waals surface area contributed by atoms with E-state index in [2.05, 4.69) is 0 Å². The van der Waals surface area contributed by atoms with E-state index in [-0.39, 0.29) is 12.0 Å². The van der Waals surface area contributed by atoms with Crippen molar-refractivity contribution < 1.29 is 18.0 Å². The molecule has 0 spiro atoms. The smallest absolute Gasteiger partial charge is 0.273 e. The van der Waals surface area contributed by atoms with Crippen LogP contribution in [0.15, 0.2) is 18.2 Å². The molecule has 0 unspecified atom stereocenters. The van der Waals surface area contributed by atoms with Gasteiger partial charge in [0.2, 0.25) is 5.91 Å². The lowest BCUT2D eigenvalue weighted by atomic mass is 10.0. The van der Waals surface area contributed by atoms with Gasteiger partial charge in [-0.2, -0.15) is 0 Å². The number of alkyl halides is 2. The average Bonchev–Trinajstić information content (AvgIpc) is 1.99. The summed E-state index contributed by atoms with van der Waals surface area (Å²) in [5.41, 5.74) is 4.49. The van der Waals surface area contributed by atoms with E-state index in [0.29, 0.717) is 6.92 Å². The summed E-state index contributed by atoms with van der Waals surface area (Å²) >= 11 is 0. The van der Waals surface area contributed by atoms with Crippen molar-refractivity contribution in [1.29, 1.82) is 0 Å². The monoisotopic (exact) mass is 217 g/mol. The maximum atomic E-state index is 13.2. The van der Waals surface area contributed by atoms with E-state index in [4.69, 9.17) is 5.73 Å². The predicted molar refractivity (Wildman–Crippen MR) is 48.9 cm³/mol. The molecule has 0 heterocycles. The lowest BCUT2D eigenvalue weighted by Crippen LogP contribution is -2.15. The van der Waals surface area contributed by atoms with Gasteiger partial charge in [-0.15, -0.1) is 0 Å². The van der Waals surface area contributed by atoms with Gasteiger partial charge in [0.15, 0.2) is 0 Å². The Balaban J connectivity index is 3.04. The van der Waals surface area contributed by atoms with Gasteiger partial charge in [-0.25, -0.2) is 13.2 Å². The maximum Gasteiger partial charge on any atom is 0.273 e. The maximum absolute atomic E-state index is 13.2. The van der Waals surface area contributed by atoms with Crippen LogP contribution >= 0.6 is 0 Å². The number of primary amides is 1. The summed E-state index contributed by atoms with van der Waals surface area (Å²) in [5, 5.41) is 0. The molecule has 0 bridgehead atoms. The number of rotatable bonds is 3. The number of hydrogen-bond acceptors (Lipinski definition) is 1. The number of hydrogen-bond donors (Lipinski definition) is 1. The van der Waals surface area contributed by atoms with Crippen molar-refractivity contribution in [2.24, 2.45) is 5.73 Å². The van der Waals surface area contributed by atoms with Crippen LogP contribution in [0.1, 0.15) is 18.1 Å². The Bertz CT molecular complexity index is 385. The van der Waals surface area contributed by atoms with Crippen LogP contribution in [0.5, 0.6) is 0 Å². The Morgan fingerprint density at radius 3 is 2.47 bits per heavy atom. The molecule has 15 heavy (non-hydrogen) atoms. The average molecular weight is 217 g/mol. The zero-order chi connectivity index (χ0) is 11.6. The van der Waals surface area contributed by atoms with Crippen LogP contribution < -0.4 is 5.73 Å². The molecule has 0 aromatic heterocycles. The predicted octanol–water partition coefficient (Wildman–Crippen LogP) is 1.97. The van der Waals surface area contributed by atoms with Crippen molar-refractivity contribution in [3.63, 3.8) is 0 Å². The molecular formula is C10H10F3NO. The van der Waals surface area contributed by atoms with Gasteiger partial charge in [-0.1, -0.05) is 6.07 Å². The Morgan fingerprint density at radius 2 is 2.07 bits per heavy atom. The molecule has 1 aromatic rings. The summed E-state index contributed by atoms with van der Waals surface area (Å²) in [6.07, 6.45) is -0.160. The largest absolute Gasteiger partial charge is 0.369 e. The van der Waals surface area contributed by atoms with E-state index >= 15 is 0 Å². The van der Waals surface area contributed by atoms with Crippen LogP contribution in [0.3, 0.4) is 0 Å². The van der Waals surface area contributed by atoms with E-state index in [0.717, 1.165) is 12.1 Å². The molecule has 82 valence electrons. The Hall–Kier alpha value is -1.52. The number of halogens is 3. The van der Waals surface area contributed by atoms with E-state index in [1.165, 1.54) is 6.07 Å². The first-order valence-corrected chi connectivity index (χ1v) is 4.25. The van der Waals surface area contributed by atoms with Gasteiger partial charge in [-0.3, -0.25) is 4.79 Å². The number of amides is 1. The van der Waals surface area contributed by atoms with Gasteiger partial charge in [0, 0.05) is 6.92 Å². The highest BCUT2D eigenvalue weighted by Gasteiger charge is 2.28. The lowest BCUT2D eigenvalue weighted by molar-refractivity contribution is -0.117. The summed E-state index contributed by atoms with van der Waals surface area (Å²) in [6, 6.07) is 3.13. The minimum atomic E-state index is -3.23. The van der Waals surface area contributed by atoms with Crippen molar-refractivity contribution in [3.05, 3.63) is 35.1 Å². The summed E-state index contributed by atoms with van der Waals surface area (Å²) in [5.74, 6) is -4.89. The minimum Gasteiger partial charge on any atom is -0.369 e. The fourth-order valence-corrected chi connectivity index (χ4v) is 1.23. The molecule has 0 aliphatic heterocycles. The minimum absolute atomic E-state index is 0.160. The van der Waals surface area contributed by atoms with Crippen molar-refractivity contribution in [2.75, 3.05) is 0 Å². The van der Waals surface area contributed by atoms with Crippen LogP contribution in [0.25, 0.3) is 0 Å². The number of benzene rings is 1. The van der Waals surface area contributed by atoms with Crippen molar-refractivity contribution in [1.82, 2.24) is 0 Å². The summed E-state index contributed by atoms with van der Waals surface area (Å²) in [7, 11) is 0. The first-order valence-electron chi connectivity index (χ1n) is 4.25. The fraction of sp³-hybridized carbons (Fsp3) is 0.300. The van der Waals surface area contributed by atoms with Gasteiger partial charge >= 0.3 is 0 Å². The van der Waals surface area contributed by atoms with Gasteiger partial charge < -0.3 is 5.73 Å². The third kappa shape index (κ3) is 2.97. The Morgan fingerprint density at radius 1 is 1.47 bits per heavy atom. The van der Waals surface area contributed by atoms with Crippen molar-refractivity contribution >= 4 is 5.91 Å². The first kappa shape index (κ1) is 11.6. The number of carbonyl (C=O) groups is 1. The molecule has 0 aliphatic carbocycles. The molecule has 0 aliphatic rings. The molecule has 2 N–H and O–H groups in total. The quantitative estimate of drug-likeness (QED) is 0.826. The SMILES string of the molecule is CC(F)(F)c1ccc(CC(N)=O)cc1F. The second-order valence-corrected chi connectivity index (χ2v) is 3.35. The zero-order valence-electron chi connectivity index (χ0n) is 8.06. The highest BCUT2D eigenvalue weighted by Crippen LogP contribution is 2.29. The molecule has 5 heteroatoms.